The van der Waals surface area contributed by atoms with Crippen molar-refractivity contribution in [1.82, 2.24) is 0 Å². The molecule has 1 rings (SSSR count). The molecule has 1 fully saturated rings. The summed E-state index contributed by atoms with van der Waals surface area (Å²) in [5.74, 6) is -0.243. The average molecular weight is 141 g/mol. The molecule has 0 aromatic carbocycles. The highest BCUT2D eigenvalue weighted by Crippen LogP contribution is 2.19. The Morgan fingerprint density at radius 2 is 2.40 bits per heavy atom. The highest BCUT2D eigenvalue weighted by molar-refractivity contribution is 5.91. The topological polar surface area (TPSA) is 52.3 Å². The van der Waals surface area contributed by atoms with E-state index in [0.717, 1.165) is 13.0 Å². The van der Waals surface area contributed by atoms with Gasteiger partial charge < -0.3 is 10.5 Å². The molecule has 10 heavy (non-hydrogen) atoms. The van der Waals surface area contributed by atoms with Crippen LogP contribution in [0.25, 0.3) is 0 Å². The molecular weight excluding hydrogens is 130 g/mol. The third-order valence-corrected chi connectivity index (χ3v) is 1.74. The van der Waals surface area contributed by atoms with E-state index in [1.165, 1.54) is 0 Å². The minimum absolute atomic E-state index is 0.164. The summed E-state index contributed by atoms with van der Waals surface area (Å²) in [6.07, 6.45) is 0.877. The zero-order chi connectivity index (χ0) is 7.56. The van der Waals surface area contributed by atoms with Crippen molar-refractivity contribution < 1.29 is 9.53 Å². The summed E-state index contributed by atoms with van der Waals surface area (Å²) in [4.78, 5) is 10.6. The van der Waals surface area contributed by atoms with Crippen molar-refractivity contribution in [3.8, 4) is 0 Å². The molecule has 1 amide bonds. The molecule has 1 aliphatic rings. The molecule has 1 saturated heterocycles. The average Bonchev–Trinajstić information content (AvgIpc) is 2.36. The smallest absolute Gasteiger partial charge is 0.244 e. The summed E-state index contributed by atoms with van der Waals surface area (Å²) in [6, 6.07) is 0. The summed E-state index contributed by atoms with van der Waals surface area (Å²) in [7, 11) is 0. The molecule has 0 radical (unpaired) electrons. The predicted molar refractivity (Wildman–Crippen MR) is 37.3 cm³/mol. The fourth-order valence-corrected chi connectivity index (χ4v) is 1.01. The number of carbonyl (C=O) groups excluding carboxylic acids is 1. The van der Waals surface area contributed by atoms with Crippen molar-refractivity contribution in [1.29, 1.82) is 0 Å². The molecule has 1 aliphatic heterocycles. The monoisotopic (exact) mass is 141 g/mol. The highest BCUT2D eigenvalue weighted by atomic mass is 16.5. The van der Waals surface area contributed by atoms with Gasteiger partial charge in [-0.25, -0.2) is 0 Å². The Labute approximate surface area is 59.8 Å². The molecule has 56 valence electrons. The van der Waals surface area contributed by atoms with Crippen LogP contribution in [-0.2, 0) is 9.53 Å². The van der Waals surface area contributed by atoms with Crippen molar-refractivity contribution in [2.75, 3.05) is 13.2 Å². The van der Waals surface area contributed by atoms with Gasteiger partial charge in [0.25, 0.3) is 0 Å². The van der Waals surface area contributed by atoms with E-state index in [1.54, 1.807) is 0 Å². The molecule has 0 aromatic rings. The standard InChI is InChI=1S/C7H11NO2/c1-5(7(8)9)6-2-3-10-4-6/h6H,1-4H2,(H2,8,9)/t6-/m1/s1. The molecule has 0 bridgehead atoms. The Morgan fingerprint density at radius 3 is 2.80 bits per heavy atom. The summed E-state index contributed by atoms with van der Waals surface area (Å²) < 4.78 is 5.06. The number of rotatable bonds is 2. The zero-order valence-corrected chi connectivity index (χ0v) is 5.80. The molecule has 0 spiro atoms. The lowest BCUT2D eigenvalue weighted by atomic mass is 10.00. The maximum Gasteiger partial charge on any atom is 0.244 e. The van der Waals surface area contributed by atoms with Crippen molar-refractivity contribution in [3.63, 3.8) is 0 Å². The van der Waals surface area contributed by atoms with Crippen LogP contribution in [0.1, 0.15) is 6.42 Å². The lowest BCUT2D eigenvalue weighted by molar-refractivity contribution is -0.115. The van der Waals surface area contributed by atoms with E-state index in [-0.39, 0.29) is 5.92 Å². The number of hydrogen-bond donors (Lipinski definition) is 1. The molecule has 2 N–H and O–H groups in total. The maximum absolute atomic E-state index is 10.6. The molecule has 0 aliphatic carbocycles. The highest BCUT2D eigenvalue weighted by Gasteiger charge is 2.21. The molecule has 0 saturated carbocycles. The largest absolute Gasteiger partial charge is 0.381 e. The van der Waals surface area contributed by atoms with Crippen molar-refractivity contribution >= 4 is 5.91 Å². The van der Waals surface area contributed by atoms with Crippen LogP contribution in [0.4, 0.5) is 0 Å². The minimum Gasteiger partial charge on any atom is -0.381 e. The summed E-state index contributed by atoms with van der Waals surface area (Å²) in [5.41, 5.74) is 5.52. The first-order chi connectivity index (χ1) is 4.72. The van der Waals surface area contributed by atoms with Gasteiger partial charge in [0.1, 0.15) is 0 Å². The third-order valence-electron chi connectivity index (χ3n) is 1.74. The number of carbonyl (C=O) groups is 1. The zero-order valence-electron chi connectivity index (χ0n) is 5.80. The summed E-state index contributed by atoms with van der Waals surface area (Å²) >= 11 is 0. The SMILES string of the molecule is C=C(C(N)=O)[C@@H]1CCOC1. The van der Waals surface area contributed by atoms with Gasteiger partial charge in [-0.1, -0.05) is 6.58 Å². The van der Waals surface area contributed by atoms with Gasteiger partial charge in [0.15, 0.2) is 0 Å². The molecule has 3 heteroatoms. The van der Waals surface area contributed by atoms with E-state index >= 15 is 0 Å². The Kier molecular flexibility index (Phi) is 2.06. The van der Waals surface area contributed by atoms with Crippen LogP contribution >= 0.6 is 0 Å². The lowest BCUT2D eigenvalue weighted by Gasteiger charge is -2.05. The van der Waals surface area contributed by atoms with Crippen molar-refractivity contribution in [2.24, 2.45) is 11.7 Å². The molecular formula is C7H11NO2. The van der Waals surface area contributed by atoms with E-state index in [2.05, 4.69) is 6.58 Å². The first kappa shape index (κ1) is 7.28. The van der Waals surface area contributed by atoms with Crippen molar-refractivity contribution in [3.05, 3.63) is 12.2 Å². The second-order valence-corrected chi connectivity index (χ2v) is 2.45. The molecule has 1 heterocycles. The van der Waals surface area contributed by atoms with Gasteiger partial charge in [0.2, 0.25) is 5.91 Å². The van der Waals surface area contributed by atoms with E-state index in [4.69, 9.17) is 10.5 Å². The van der Waals surface area contributed by atoms with Crippen LogP contribution in [0.5, 0.6) is 0 Å². The summed E-state index contributed by atoms with van der Waals surface area (Å²) in [6.45, 7) is 4.90. The van der Waals surface area contributed by atoms with Gasteiger partial charge in [0.05, 0.1) is 6.61 Å². The van der Waals surface area contributed by atoms with Gasteiger partial charge in [-0.05, 0) is 6.42 Å². The van der Waals surface area contributed by atoms with Crippen LogP contribution in [0.2, 0.25) is 0 Å². The van der Waals surface area contributed by atoms with Crippen LogP contribution in [0.15, 0.2) is 12.2 Å². The molecule has 3 nitrogen and oxygen atoms in total. The lowest BCUT2D eigenvalue weighted by Crippen LogP contribution is -2.19. The fourth-order valence-electron chi connectivity index (χ4n) is 1.01. The Balaban J connectivity index is 2.48. The Morgan fingerprint density at radius 1 is 1.70 bits per heavy atom. The number of ether oxygens (including phenoxy) is 1. The van der Waals surface area contributed by atoms with Crippen LogP contribution in [-0.4, -0.2) is 19.1 Å². The summed E-state index contributed by atoms with van der Waals surface area (Å²) in [5, 5.41) is 0. The second-order valence-electron chi connectivity index (χ2n) is 2.45. The normalized spacial score (nSPS) is 24.6. The first-order valence-electron chi connectivity index (χ1n) is 3.28. The van der Waals surface area contributed by atoms with E-state index in [1.807, 2.05) is 0 Å². The third kappa shape index (κ3) is 1.36. The molecule has 1 atom stereocenters. The Bertz CT molecular complexity index is 159. The van der Waals surface area contributed by atoms with E-state index in [0.29, 0.717) is 12.2 Å². The maximum atomic E-state index is 10.6. The van der Waals surface area contributed by atoms with Gasteiger partial charge >= 0.3 is 0 Å². The van der Waals surface area contributed by atoms with Crippen molar-refractivity contribution in [2.45, 2.75) is 6.42 Å². The first-order valence-corrected chi connectivity index (χ1v) is 3.28. The number of amides is 1. The Hall–Kier alpha value is -0.830. The van der Waals surface area contributed by atoms with Crippen LogP contribution in [0.3, 0.4) is 0 Å². The minimum atomic E-state index is -0.407. The van der Waals surface area contributed by atoms with Gasteiger partial charge in [-0.15, -0.1) is 0 Å². The van der Waals surface area contributed by atoms with Crippen LogP contribution < -0.4 is 5.73 Å². The quantitative estimate of drug-likeness (QED) is 0.553. The van der Waals surface area contributed by atoms with E-state index < -0.39 is 5.91 Å². The van der Waals surface area contributed by atoms with Crippen LogP contribution in [0, 0.1) is 5.92 Å². The number of primary amides is 1. The number of nitrogens with two attached hydrogens (primary N) is 1. The van der Waals surface area contributed by atoms with Gasteiger partial charge in [0, 0.05) is 18.1 Å². The second kappa shape index (κ2) is 2.84. The fraction of sp³-hybridized carbons (Fsp3) is 0.571. The predicted octanol–water partition coefficient (Wildman–Crippen LogP) is 0.0644. The molecule has 0 aromatic heterocycles. The van der Waals surface area contributed by atoms with E-state index in [9.17, 15) is 4.79 Å². The van der Waals surface area contributed by atoms with Gasteiger partial charge in [-0.2, -0.15) is 0 Å². The number of hydrogen-bond acceptors (Lipinski definition) is 2. The van der Waals surface area contributed by atoms with Gasteiger partial charge in [-0.3, -0.25) is 4.79 Å². The molecule has 0 unspecified atom stereocenters.